The lowest BCUT2D eigenvalue weighted by Gasteiger charge is -2.12. The highest BCUT2D eigenvalue weighted by Gasteiger charge is 2.08. The maximum Gasteiger partial charge on any atom is 0.129 e. The highest BCUT2D eigenvalue weighted by molar-refractivity contribution is 7.05. The van der Waals surface area contributed by atoms with Crippen LogP contribution in [0.1, 0.15) is 5.01 Å². The van der Waals surface area contributed by atoms with Crippen molar-refractivity contribution in [1.82, 2.24) is 14.7 Å². The molecule has 1 rings (SSSR count). The topological polar surface area (TPSA) is 47.0 Å². The van der Waals surface area contributed by atoms with E-state index in [1.54, 1.807) is 13.4 Å². The summed E-state index contributed by atoms with van der Waals surface area (Å²) in [7, 11) is 3.62. The van der Waals surface area contributed by atoms with Crippen LogP contribution in [-0.4, -0.2) is 36.2 Å². The summed E-state index contributed by atoms with van der Waals surface area (Å²) in [6.07, 6.45) is 2.47. The van der Waals surface area contributed by atoms with Gasteiger partial charge < -0.3 is 10.1 Å². The van der Waals surface area contributed by atoms with Gasteiger partial charge in [0.05, 0.1) is 6.61 Å². The number of hydrogen-bond donors (Lipinski definition) is 1. The molecule has 1 heterocycles. The molecule has 12 heavy (non-hydrogen) atoms. The predicted octanol–water partition coefficient (Wildman–Crippen LogP) is 0.315. The van der Waals surface area contributed by atoms with E-state index in [2.05, 4.69) is 14.7 Å². The highest BCUT2D eigenvalue weighted by atomic mass is 32.1. The lowest BCUT2D eigenvalue weighted by atomic mass is 10.2. The molecule has 1 atom stereocenters. The van der Waals surface area contributed by atoms with Crippen LogP contribution < -0.4 is 5.32 Å². The van der Waals surface area contributed by atoms with E-state index in [0.717, 1.165) is 11.4 Å². The molecule has 0 amide bonds. The van der Waals surface area contributed by atoms with E-state index < -0.39 is 0 Å². The van der Waals surface area contributed by atoms with Gasteiger partial charge in [0.15, 0.2) is 0 Å². The Morgan fingerprint density at radius 3 is 3.08 bits per heavy atom. The van der Waals surface area contributed by atoms with Crippen LogP contribution in [0.5, 0.6) is 0 Å². The SMILES string of the molecule is CNC(COC)Cc1ncns1. The molecule has 0 radical (unpaired) electrons. The zero-order chi connectivity index (χ0) is 8.81. The van der Waals surface area contributed by atoms with E-state index in [1.807, 2.05) is 7.05 Å². The standard InChI is InChI=1S/C7H13N3OS/c1-8-6(4-11-2)3-7-9-5-10-12-7/h5-6,8H,3-4H2,1-2H3. The minimum atomic E-state index is 0.336. The van der Waals surface area contributed by atoms with Crippen molar-refractivity contribution in [1.29, 1.82) is 0 Å². The quantitative estimate of drug-likeness (QED) is 0.721. The number of methoxy groups -OCH3 is 1. The fraction of sp³-hybridized carbons (Fsp3) is 0.714. The predicted molar refractivity (Wildman–Crippen MR) is 48.3 cm³/mol. The summed E-state index contributed by atoms with van der Waals surface area (Å²) in [4.78, 5) is 4.10. The monoisotopic (exact) mass is 187 g/mol. The van der Waals surface area contributed by atoms with Gasteiger partial charge >= 0.3 is 0 Å². The van der Waals surface area contributed by atoms with Gasteiger partial charge in [-0.25, -0.2) is 4.98 Å². The number of nitrogens with zero attached hydrogens (tertiary/aromatic N) is 2. The van der Waals surface area contributed by atoms with Crippen LogP contribution in [0, 0.1) is 0 Å². The van der Waals surface area contributed by atoms with Crippen molar-refractivity contribution in [3.05, 3.63) is 11.3 Å². The molecule has 5 heteroatoms. The van der Waals surface area contributed by atoms with E-state index in [4.69, 9.17) is 4.74 Å². The number of hydrogen-bond acceptors (Lipinski definition) is 5. The first-order valence-electron chi connectivity index (χ1n) is 3.78. The molecule has 0 saturated heterocycles. The molecule has 1 aromatic heterocycles. The van der Waals surface area contributed by atoms with Gasteiger partial charge in [0.1, 0.15) is 11.3 Å². The van der Waals surface area contributed by atoms with Crippen molar-refractivity contribution in [2.24, 2.45) is 0 Å². The van der Waals surface area contributed by atoms with Crippen LogP contribution in [0.2, 0.25) is 0 Å². The summed E-state index contributed by atoms with van der Waals surface area (Å²) >= 11 is 1.44. The van der Waals surface area contributed by atoms with E-state index in [-0.39, 0.29) is 0 Å². The van der Waals surface area contributed by atoms with Gasteiger partial charge in [-0.05, 0) is 18.6 Å². The molecule has 0 aliphatic carbocycles. The molecule has 0 spiro atoms. The second-order valence-corrected chi connectivity index (χ2v) is 3.34. The summed E-state index contributed by atoms with van der Waals surface area (Å²) in [5, 5.41) is 4.20. The Bertz CT molecular complexity index is 202. The van der Waals surface area contributed by atoms with Crippen LogP contribution in [0.3, 0.4) is 0 Å². The summed E-state index contributed by atoms with van der Waals surface area (Å²) < 4.78 is 8.97. The molecule has 68 valence electrons. The molecule has 1 N–H and O–H groups in total. The van der Waals surface area contributed by atoms with Crippen LogP contribution >= 0.6 is 11.5 Å². The fourth-order valence-corrected chi connectivity index (χ4v) is 1.53. The van der Waals surface area contributed by atoms with Gasteiger partial charge in [-0.2, -0.15) is 4.37 Å². The smallest absolute Gasteiger partial charge is 0.129 e. The molecule has 0 bridgehead atoms. The zero-order valence-corrected chi connectivity index (χ0v) is 8.10. The Hall–Kier alpha value is -0.520. The van der Waals surface area contributed by atoms with Gasteiger partial charge in [-0.3, -0.25) is 0 Å². The maximum absolute atomic E-state index is 5.04. The van der Waals surface area contributed by atoms with Gasteiger partial charge in [-0.1, -0.05) is 0 Å². The van der Waals surface area contributed by atoms with Crippen molar-refractivity contribution in [2.75, 3.05) is 20.8 Å². The van der Waals surface area contributed by atoms with Gasteiger partial charge in [0.25, 0.3) is 0 Å². The Balaban J connectivity index is 2.37. The largest absolute Gasteiger partial charge is 0.383 e. The molecular formula is C7H13N3OS. The molecule has 0 fully saturated rings. The zero-order valence-electron chi connectivity index (χ0n) is 7.28. The van der Waals surface area contributed by atoms with Crippen molar-refractivity contribution in [3.63, 3.8) is 0 Å². The van der Waals surface area contributed by atoms with Crippen LogP contribution in [0.15, 0.2) is 6.33 Å². The Morgan fingerprint density at radius 2 is 2.58 bits per heavy atom. The van der Waals surface area contributed by atoms with E-state index in [9.17, 15) is 0 Å². The third-order valence-corrected chi connectivity index (χ3v) is 2.29. The van der Waals surface area contributed by atoms with Gasteiger partial charge in [0.2, 0.25) is 0 Å². The molecule has 0 aliphatic rings. The summed E-state index contributed by atoms with van der Waals surface area (Å²) in [6.45, 7) is 0.704. The van der Waals surface area contributed by atoms with E-state index in [0.29, 0.717) is 12.6 Å². The Labute approximate surface area is 76.1 Å². The van der Waals surface area contributed by atoms with E-state index in [1.165, 1.54) is 11.5 Å². The lowest BCUT2D eigenvalue weighted by molar-refractivity contribution is 0.169. The van der Waals surface area contributed by atoms with Crippen molar-refractivity contribution in [3.8, 4) is 0 Å². The highest BCUT2D eigenvalue weighted by Crippen LogP contribution is 2.03. The van der Waals surface area contributed by atoms with Crippen molar-refractivity contribution >= 4 is 11.5 Å². The third kappa shape index (κ3) is 2.84. The molecule has 0 saturated carbocycles. The summed E-state index contributed by atoms with van der Waals surface area (Å²) in [5.74, 6) is 0. The second-order valence-electron chi connectivity index (χ2n) is 2.48. The molecular weight excluding hydrogens is 174 g/mol. The number of aromatic nitrogens is 2. The minimum Gasteiger partial charge on any atom is -0.383 e. The minimum absolute atomic E-state index is 0.336. The number of nitrogens with one attached hydrogen (secondary N) is 1. The molecule has 4 nitrogen and oxygen atoms in total. The van der Waals surface area contributed by atoms with Crippen molar-refractivity contribution < 1.29 is 4.74 Å². The normalized spacial score (nSPS) is 13.2. The molecule has 1 aromatic rings. The number of rotatable bonds is 5. The first-order chi connectivity index (χ1) is 5.86. The van der Waals surface area contributed by atoms with E-state index >= 15 is 0 Å². The number of ether oxygens (including phenoxy) is 1. The first-order valence-corrected chi connectivity index (χ1v) is 4.56. The van der Waals surface area contributed by atoms with Crippen LogP contribution in [0.25, 0.3) is 0 Å². The van der Waals surface area contributed by atoms with Crippen LogP contribution in [-0.2, 0) is 11.2 Å². The van der Waals surface area contributed by atoms with Gasteiger partial charge in [0, 0.05) is 19.6 Å². The second kappa shape index (κ2) is 5.18. The average Bonchev–Trinajstić information content (AvgIpc) is 2.56. The Morgan fingerprint density at radius 1 is 1.75 bits per heavy atom. The molecule has 0 aliphatic heterocycles. The molecule has 0 aromatic carbocycles. The summed E-state index contributed by atoms with van der Waals surface area (Å²) in [6, 6.07) is 0.336. The summed E-state index contributed by atoms with van der Waals surface area (Å²) in [5.41, 5.74) is 0. The third-order valence-electron chi connectivity index (χ3n) is 1.60. The molecule has 1 unspecified atom stereocenters. The van der Waals surface area contributed by atoms with Crippen LogP contribution in [0.4, 0.5) is 0 Å². The first kappa shape index (κ1) is 9.57. The number of likely N-dealkylation sites (N-methyl/N-ethyl adjacent to an activating group) is 1. The average molecular weight is 187 g/mol. The fourth-order valence-electron chi connectivity index (χ4n) is 0.942. The van der Waals surface area contributed by atoms with Crippen molar-refractivity contribution in [2.45, 2.75) is 12.5 Å². The lowest BCUT2D eigenvalue weighted by Crippen LogP contribution is -2.31. The van der Waals surface area contributed by atoms with Gasteiger partial charge in [-0.15, -0.1) is 0 Å². The Kier molecular flexibility index (Phi) is 4.13. The maximum atomic E-state index is 5.04.